The number of hydrogen-bond donors (Lipinski definition) is 1. The summed E-state index contributed by atoms with van der Waals surface area (Å²) in [5, 5.41) is 0. The predicted octanol–water partition coefficient (Wildman–Crippen LogP) is 0.793. The van der Waals surface area contributed by atoms with Gasteiger partial charge in [0.25, 0.3) is 0 Å². The first-order valence-electron chi connectivity index (χ1n) is 4.70. The van der Waals surface area contributed by atoms with Crippen LogP contribution in [0, 0.1) is 0 Å². The molecule has 2 N–H and O–H groups in total. The Kier molecular flexibility index (Phi) is 1.79. The summed E-state index contributed by atoms with van der Waals surface area (Å²) >= 11 is 0. The maximum atomic E-state index is 5.55. The number of nitrogens with zero attached hydrogens (tertiary/aromatic N) is 5. The molecule has 0 bridgehead atoms. The van der Waals surface area contributed by atoms with E-state index in [-0.39, 0.29) is 5.95 Å². The van der Waals surface area contributed by atoms with Crippen LogP contribution in [0.1, 0.15) is 0 Å². The molecule has 3 aromatic heterocycles. The Morgan fingerprint density at radius 2 is 1.94 bits per heavy atom. The molecule has 0 spiro atoms. The van der Waals surface area contributed by atoms with Gasteiger partial charge >= 0.3 is 0 Å². The number of hydrogen-bond acceptors (Lipinski definition) is 5. The topological polar surface area (TPSA) is 82.5 Å². The minimum Gasteiger partial charge on any atom is -0.368 e. The van der Waals surface area contributed by atoms with Crippen LogP contribution in [-0.2, 0) is 0 Å². The van der Waals surface area contributed by atoms with E-state index in [2.05, 4.69) is 19.9 Å². The summed E-state index contributed by atoms with van der Waals surface area (Å²) in [6, 6.07) is 3.75. The smallest absolute Gasteiger partial charge is 0.222 e. The van der Waals surface area contributed by atoms with E-state index in [0.717, 1.165) is 5.69 Å². The van der Waals surface area contributed by atoms with Crippen LogP contribution in [0.4, 0.5) is 5.95 Å². The first-order chi connectivity index (χ1) is 7.84. The third-order valence-corrected chi connectivity index (χ3v) is 2.25. The maximum Gasteiger partial charge on any atom is 0.222 e. The van der Waals surface area contributed by atoms with Crippen molar-refractivity contribution in [3.8, 4) is 5.69 Å². The number of nitrogens with two attached hydrogens (primary N) is 1. The molecule has 0 aliphatic heterocycles. The molecule has 0 unspecified atom stereocenters. The van der Waals surface area contributed by atoms with Gasteiger partial charge in [-0.15, -0.1) is 0 Å². The summed E-state index contributed by atoms with van der Waals surface area (Å²) in [4.78, 5) is 16.2. The monoisotopic (exact) mass is 212 g/mol. The van der Waals surface area contributed by atoms with Gasteiger partial charge in [-0.3, -0.25) is 9.55 Å². The highest BCUT2D eigenvalue weighted by Gasteiger charge is 2.06. The van der Waals surface area contributed by atoms with Crippen molar-refractivity contribution in [1.82, 2.24) is 24.5 Å². The fourth-order valence-electron chi connectivity index (χ4n) is 1.52. The summed E-state index contributed by atoms with van der Waals surface area (Å²) < 4.78 is 1.84. The molecule has 0 aliphatic carbocycles. The van der Waals surface area contributed by atoms with Crippen molar-refractivity contribution in [2.24, 2.45) is 0 Å². The van der Waals surface area contributed by atoms with Gasteiger partial charge < -0.3 is 5.73 Å². The zero-order valence-corrected chi connectivity index (χ0v) is 8.28. The van der Waals surface area contributed by atoms with Gasteiger partial charge in [0.2, 0.25) is 5.95 Å². The standard InChI is InChI=1S/C10H8N6/c11-10-13-5-8-9(15-10)16(6-14-8)7-1-3-12-4-2-7/h1-6H,(H2,11,13,15). The number of aromatic nitrogens is 5. The lowest BCUT2D eigenvalue weighted by Crippen LogP contribution is -1.98. The zero-order chi connectivity index (χ0) is 11.0. The summed E-state index contributed by atoms with van der Waals surface area (Å²) in [5.41, 5.74) is 7.90. The van der Waals surface area contributed by atoms with Gasteiger partial charge in [0.15, 0.2) is 5.65 Å². The highest BCUT2D eigenvalue weighted by atomic mass is 15.1. The molecule has 0 saturated carbocycles. The van der Waals surface area contributed by atoms with Crippen LogP contribution in [0.25, 0.3) is 16.9 Å². The molecule has 6 nitrogen and oxygen atoms in total. The van der Waals surface area contributed by atoms with Crippen molar-refractivity contribution in [2.45, 2.75) is 0 Å². The lowest BCUT2D eigenvalue weighted by Gasteiger charge is -2.02. The number of pyridine rings is 1. The van der Waals surface area contributed by atoms with Crippen LogP contribution in [0.15, 0.2) is 37.1 Å². The summed E-state index contributed by atoms with van der Waals surface area (Å²) in [5.74, 6) is 0.239. The van der Waals surface area contributed by atoms with Crippen molar-refractivity contribution in [3.05, 3.63) is 37.1 Å². The lowest BCUT2D eigenvalue weighted by molar-refractivity contribution is 1.05. The Bertz CT molecular complexity index is 630. The quantitative estimate of drug-likeness (QED) is 0.644. The molecule has 0 fully saturated rings. The fourth-order valence-corrected chi connectivity index (χ4v) is 1.52. The first-order valence-corrected chi connectivity index (χ1v) is 4.70. The molecular weight excluding hydrogens is 204 g/mol. The minimum absolute atomic E-state index is 0.239. The molecular formula is C10H8N6. The minimum atomic E-state index is 0.239. The van der Waals surface area contributed by atoms with E-state index in [1.54, 1.807) is 24.9 Å². The lowest BCUT2D eigenvalue weighted by atomic mass is 10.4. The van der Waals surface area contributed by atoms with Gasteiger partial charge in [0.05, 0.1) is 11.9 Å². The van der Waals surface area contributed by atoms with Crippen LogP contribution in [0.3, 0.4) is 0 Å². The van der Waals surface area contributed by atoms with Crippen molar-refractivity contribution >= 4 is 17.1 Å². The van der Waals surface area contributed by atoms with E-state index >= 15 is 0 Å². The molecule has 0 saturated heterocycles. The van der Waals surface area contributed by atoms with Gasteiger partial charge in [-0.25, -0.2) is 9.97 Å². The normalized spacial score (nSPS) is 10.8. The van der Waals surface area contributed by atoms with Crippen molar-refractivity contribution < 1.29 is 0 Å². The Hall–Kier alpha value is -2.50. The number of rotatable bonds is 1. The summed E-state index contributed by atoms with van der Waals surface area (Å²) in [6.45, 7) is 0. The second kappa shape index (κ2) is 3.27. The van der Waals surface area contributed by atoms with Crippen molar-refractivity contribution in [1.29, 1.82) is 0 Å². The van der Waals surface area contributed by atoms with E-state index in [1.807, 2.05) is 16.7 Å². The number of nitrogen functional groups attached to an aromatic ring is 1. The van der Waals surface area contributed by atoms with Crippen LogP contribution < -0.4 is 5.73 Å². The van der Waals surface area contributed by atoms with Gasteiger partial charge in [-0.2, -0.15) is 4.98 Å². The van der Waals surface area contributed by atoms with Crippen LogP contribution in [0.5, 0.6) is 0 Å². The molecule has 0 amide bonds. The Balaban J connectivity index is 2.29. The third-order valence-electron chi connectivity index (χ3n) is 2.25. The molecule has 0 aliphatic rings. The van der Waals surface area contributed by atoms with Gasteiger partial charge in [0, 0.05) is 12.4 Å². The molecule has 0 radical (unpaired) electrons. The molecule has 3 aromatic rings. The highest BCUT2D eigenvalue weighted by molar-refractivity contribution is 5.72. The zero-order valence-electron chi connectivity index (χ0n) is 8.28. The first kappa shape index (κ1) is 8.78. The molecule has 3 rings (SSSR count). The number of imidazole rings is 1. The van der Waals surface area contributed by atoms with E-state index < -0.39 is 0 Å². The van der Waals surface area contributed by atoms with E-state index in [9.17, 15) is 0 Å². The molecule has 16 heavy (non-hydrogen) atoms. The van der Waals surface area contributed by atoms with Crippen LogP contribution >= 0.6 is 0 Å². The van der Waals surface area contributed by atoms with Crippen molar-refractivity contribution in [3.63, 3.8) is 0 Å². The molecule has 6 heteroatoms. The van der Waals surface area contributed by atoms with E-state index in [0.29, 0.717) is 11.2 Å². The molecule has 3 heterocycles. The second-order valence-electron chi connectivity index (χ2n) is 3.26. The summed E-state index contributed by atoms with van der Waals surface area (Å²) in [7, 11) is 0. The van der Waals surface area contributed by atoms with Crippen LogP contribution in [-0.4, -0.2) is 24.5 Å². The second-order valence-corrected chi connectivity index (χ2v) is 3.26. The third kappa shape index (κ3) is 1.28. The number of fused-ring (bicyclic) bond motifs is 1. The Labute approximate surface area is 90.8 Å². The fraction of sp³-hybridized carbons (Fsp3) is 0. The molecule has 0 atom stereocenters. The van der Waals surface area contributed by atoms with Gasteiger partial charge in [-0.1, -0.05) is 0 Å². The van der Waals surface area contributed by atoms with E-state index in [4.69, 9.17) is 5.73 Å². The predicted molar refractivity (Wildman–Crippen MR) is 58.9 cm³/mol. The van der Waals surface area contributed by atoms with Crippen LogP contribution in [0.2, 0.25) is 0 Å². The SMILES string of the molecule is Nc1ncc2ncn(-c3ccncc3)c2n1. The molecule has 78 valence electrons. The highest BCUT2D eigenvalue weighted by Crippen LogP contribution is 2.15. The van der Waals surface area contributed by atoms with Gasteiger partial charge in [-0.05, 0) is 12.1 Å². The average molecular weight is 212 g/mol. The number of anilines is 1. The largest absolute Gasteiger partial charge is 0.368 e. The Morgan fingerprint density at radius 1 is 1.12 bits per heavy atom. The van der Waals surface area contributed by atoms with Gasteiger partial charge in [0.1, 0.15) is 11.8 Å². The van der Waals surface area contributed by atoms with Crippen molar-refractivity contribution in [2.75, 3.05) is 5.73 Å². The maximum absolute atomic E-state index is 5.55. The molecule has 0 aromatic carbocycles. The summed E-state index contributed by atoms with van der Waals surface area (Å²) in [6.07, 6.45) is 6.72. The Morgan fingerprint density at radius 3 is 2.75 bits per heavy atom. The van der Waals surface area contributed by atoms with E-state index in [1.165, 1.54) is 0 Å². The average Bonchev–Trinajstić information content (AvgIpc) is 2.73.